The van der Waals surface area contributed by atoms with Crippen LogP contribution in [0.2, 0.25) is 10.3 Å². The lowest BCUT2D eigenvalue weighted by Crippen LogP contribution is -1.78. The average molecular weight is 199 g/mol. The molecule has 0 spiro atoms. The predicted octanol–water partition coefficient (Wildman–Crippen LogP) is 3.20. The molecule has 0 atom stereocenters. The number of hydrogen-bond donors (Lipinski definition) is 0. The van der Waals surface area contributed by atoms with Gasteiger partial charge in [0, 0.05) is 6.85 Å². The Morgan fingerprint density at radius 3 is 2.64 bits per heavy atom. The van der Waals surface area contributed by atoms with E-state index in [1.165, 1.54) is 6.07 Å². The molecule has 0 aliphatic carbocycles. The van der Waals surface area contributed by atoms with Crippen LogP contribution in [0.4, 0.5) is 0 Å². The van der Waals surface area contributed by atoms with Gasteiger partial charge in [0.05, 0.1) is 1.37 Å². The SMILES string of the molecule is [2H]C([2H])CC([2H])([2H])[2H].[2H]c1cc(Cl)nnc1Cl. The first-order chi connectivity index (χ1) is 7.61. The molecule has 0 unspecified atom stereocenters. The third-order valence-electron chi connectivity index (χ3n) is 0.544. The average Bonchev–Trinajstić information content (AvgIpc) is 2.08. The van der Waals surface area contributed by atoms with Crippen LogP contribution in [-0.2, 0) is 0 Å². The van der Waals surface area contributed by atoms with E-state index in [0.717, 1.165) is 0 Å². The molecule has 11 heavy (non-hydrogen) atoms. The molecule has 0 amide bonds. The maximum Gasteiger partial charge on any atom is 0.151 e. The molecule has 0 fully saturated rings. The highest BCUT2D eigenvalue weighted by Gasteiger charge is 1.87. The third kappa shape index (κ3) is 6.07. The molecule has 0 saturated carbocycles. The van der Waals surface area contributed by atoms with Gasteiger partial charge in [0.1, 0.15) is 0 Å². The first-order valence-electron chi connectivity index (χ1n) is 5.77. The zero-order valence-electron chi connectivity index (χ0n) is 11.5. The second-order valence-electron chi connectivity index (χ2n) is 1.31. The summed E-state index contributed by atoms with van der Waals surface area (Å²) in [6.07, 6.45) is -0.340. The molecule has 0 aliphatic rings. The summed E-state index contributed by atoms with van der Waals surface area (Å²) in [4.78, 5) is 0. The molecule has 1 aromatic heterocycles. The third-order valence-corrected chi connectivity index (χ3v) is 0.913. The maximum atomic E-state index is 7.04. The highest BCUT2D eigenvalue weighted by molar-refractivity contribution is 6.31. The van der Waals surface area contributed by atoms with Crippen LogP contribution in [0.1, 0.15) is 28.4 Å². The summed E-state index contributed by atoms with van der Waals surface area (Å²) in [5, 5.41) is 7.03. The van der Waals surface area contributed by atoms with E-state index in [0.29, 0.717) is 0 Å². The van der Waals surface area contributed by atoms with Crippen LogP contribution in [0.5, 0.6) is 0 Å². The van der Waals surface area contributed by atoms with Gasteiger partial charge in [-0.3, -0.25) is 0 Å². The Hall–Kier alpha value is -0.340. The van der Waals surface area contributed by atoms with Crippen LogP contribution in [0.3, 0.4) is 0 Å². The largest absolute Gasteiger partial charge is 0.151 e. The summed E-state index contributed by atoms with van der Waals surface area (Å²) >= 11 is 10.7. The fourth-order valence-corrected chi connectivity index (χ4v) is 0.453. The van der Waals surface area contributed by atoms with Crippen LogP contribution < -0.4 is 0 Å². The van der Waals surface area contributed by atoms with Crippen molar-refractivity contribution in [3.05, 3.63) is 22.4 Å². The van der Waals surface area contributed by atoms with E-state index >= 15 is 0 Å². The van der Waals surface area contributed by atoms with Gasteiger partial charge in [0.2, 0.25) is 0 Å². The molecule has 0 aliphatic heterocycles. The Morgan fingerprint density at radius 1 is 1.55 bits per heavy atom. The van der Waals surface area contributed by atoms with Crippen LogP contribution in [-0.4, -0.2) is 10.2 Å². The van der Waals surface area contributed by atoms with E-state index in [9.17, 15) is 0 Å². The minimum atomic E-state index is -2.10. The van der Waals surface area contributed by atoms with E-state index in [4.69, 9.17) is 31.4 Å². The van der Waals surface area contributed by atoms with E-state index in [-0.39, 0.29) is 22.8 Å². The highest BCUT2D eigenvalue weighted by Crippen LogP contribution is 2.05. The number of rotatable bonds is 0. The highest BCUT2D eigenvalue weighted by atomic mass is 35.5. The normalized spacial score (nSPS) is 17.7. The molecule has 4 heteroatoms. The van der Waals surface area contributed by atoms with Gasteiger partial charge < -0.3 is 0 Å². The van der Waals surface area contributed by atoms with Gasteiger partial charge in [-0.15, -0.1) is 10.2 Å². The number of halogens is 2. The van der Waals surface area contributed by atoms with Gasteiger partial charge in [0.15, 0.2) is 10.3 Å². The predicted molar refractivity (Wildman–Crippen MR) is 48.0 cm³/mol. The number of aromatic nitrogens is 2. The molecule has 0 bridgehead atoms. The molecule has 1 aromatic rings. The summed E-state index contributed by atoms with van der Waals surface area (Å²) in [6, 6.07) is 1.42. The Morgan fingerprint density at radius 2 is 2.27 bits per heavy atom. The number of hydrogen-bond acceptors (Lipinski definition) is 2. The summed E-state index contributed by atoms with van der Waals surface area (Å²) in [7, 11) is 0. The van der Waals surface area contributed by atoms with Crippen LogP contribution >= 0.6 is 23.2 Å². The van der Waals surface area contributed by atoms with Crippen molar-refractivity contribution in [2.45, 2.75) is 20.1 Å². The van der Waals surface area contributed by atoms with Gasteiger partial charge in [-0.2, -0.15) is 0 Å². The first kappa shape index (κ1) is 4.06. The van der Waals surface area contributed by atoms with Crippen molar-refractivity contribution >= 4 is 23.2 Å². The summed E-state index contributed by atoms with van der Waals surface area (Å²) in [6.45, 7) is -3.32. The molecular weight excluding hydrogens is 183 g/mol. The van der Waals surface area contributed by atoms with Crippen molar-refractivity contribution in [1.29, 1.82) is 0 Å². The monoisotopic (exact) mass is 198 g/mol. The van der Waals surface area contributed by atoms with Crippen molar-refractivity contribution in [3.63, 3.8) is 0 Å². The molecular formula is C7H10Cl2N2. The lowest BCUT2D eigenvalue weighted by Gasteiger charge is -1.83. The molecule has 62 valence electrons. The van der Waals surface area contributed by atoms with Gasteiger partial charge in [0.25, 0.3) is 0 Å². The Labute approximate surface area is 85.0 Å². The zero-order chi connectivity index (χ0) is 13.6. The van der Waals surface area contributed by atoms with Crippen LogP contribution in [0, 0.1) is 0 Å². The van der Waals surface area contributed by atoms with E-state index < -0.39 is 13.7 Å². The van der Waals surface area contributed by atoms with E-state index in [1.54, 1.807) is 0 Å². The topological polar surface area (TPSA) is 25.8 Å². The van der Waals surface area contributed by atoms with Crippen molar-refractivity contribution in [3.8, 4) is 0 Å². The molecule has 1 heterocycles. The fraction of sp³-hybridized carbons (Fsp3) is 0.429. The van der Waals surface area contributed by atoms with E-state index in [1.807, 2.05) is 0 Å². The summed E-state index contributed by atoms with van der Waals surface area (Å²) in [5.74, 6) is 0. The van der Waals surface area contributed by atoms with Crippen LogP contribution in [0.25, 0.3) is 0 Å². The molecule has 1 rings (SSSR count). The second kappa shape index (κ2) is 6.38. The maximum absolute atomic E-state index is 7.04. The van der Waals surface area contributed by atoms with Crippen molar-refractivity contribution in [1.82, 2.24) is 10.2 Å². The van der Waals surface area contributed by atoms with Crippen LogP contribution in [0.15, 0.2) is 12.1 Å². The Kier molecular flexibility index (Phi) is 2.35. The molecule has 0 aromatic carbocycles. The van der Waals surface area contributed by atoms with E-state index in [2.05, 4.69) is 10.2 Å². The van der Waals surface area contributed by atoms with Gasteiger partial charge >= 0.3 is 0 Å². The molecule has 0 N–H and O–H groups in total. The lowest BCUT2D eigenvalue weighted by molar-refractivity contribution is 1.03. The minimum Gasteiger partial charge on any atom is -0.137 e. The summed E-state index contributed by atoms with van der Waals surface area (Å²) < 4.78 is 39.8. The first-order valence-corrected chi connectivity index (χ1v) is 3.37. The van der Waals surface area contributed by atoms with Crippen molar-refractivity contribution in [2.24, 2.45) is 0 Å². The van der Waals surface area contributed by atoms with Gasteiger partial charge in [-0.1, -0.05) is 43.4 Å². The van der Waals surface area contributed by atoms with Gasteiger partial charge in [-0.05, 0) is 12.1 Å². The quantitative estimate of drug-likeness (QED) is 0.641. The smallest absolute Gasteiger partial charge is 0.137 e. The molecule has 0 radical (unpaired) electrons. The Bertz CT molecular complexity index is 357. The molecule has 2 nitrogen and oxygen atoms in total. The fourth-order valence-electron chi connectivity index (χ4n) is 0.269. The second-order valence-corrected chi connectivity index (χ2v) is 2.05. The molecule has 0 saturated heterocycles. The summed E-state index contributed by atoms with van der Waals surface area (Å²) in [5.41, 5.74) is 0. The Balaban J connectivity index is 0.000000304. The minimum absolute atomic E-state index is 0.0689. The van der Waals surface area contributed by atoms with Crippen molar-refractivity contribution < 1.29 is 8.22 Å². The van der Waals surface area contributed by atoms with Gasteiger partial charge in [-0.25, -0.2) is 0 Å². The standard InChI is InChI=1S/C4H2Cl2N2.C3H8/c5-3-1-2-4(6)8-7-3;1-3-2/h1-2H;3H2,1-2H3/i1D;1D2,2D3. The zero-order valence-corrected chi connectivity index (χ0v) is 7.02. The van der Waals surface area contributed by atoms with Crippen molar-refractivity contribution in [2.75, 3.05) is 0 Å². The lowest BCUT2D eigenvalue weighted by atomic mass is 10.6. The number of nitrogens with zero attached hydrogens (tertiary/aromatic N) is 2.